The van der Waals surface area contributed by atoms with E-state index in [-0.39, 0.29) is 12.0 Å². The molecular formula is C20H23N3O2. The highest BCUT2D eigenvalue weighted by Gasteiger charge is 2.19. The van der Waals surface area contributed by atoms with E-state index in [0.29, 0.717) is 6.61 Å². The van der Waals surface area contributed by atoms with E-state index in [1.807, 2.05) is 49.1 Å². The molecule has 1 atom stereocenters. The average molecular weight is 337 g/mol. The predicted molar refractivity (Wildman–Crippen MR) is 97.6 cm³/mol. The Hall–Kier alpha value is -2.69. The van der Waals surface area contributed by atoms with Crippen LogP contribution in [0.2, 0.25) is 0 Å². The van der Waals surface area contributed by atoms with Crippen LogP contribution < -0.4 is 0 Å². The van der Waals surface area contributed by atoms with Gasteiger partial charge < -0.3 is 9.30 Å². The van der Waals surface area contributed by atoms with Gasteiger partial charge in [0.1, 0.15) is 6.04 Å². The lowest BCUT2D eigenvalue weighted by molar-refractivity contribution is -0.146. The van der Waals surface area contributed by atoms with Gasteiger partial charge in [-0.25, -0.2) is 4.79 Å². The molecule has 130 valence electrons. The standard InChI is InChI=1S/C20H23N3O2/c1-5-25-20(24)15(4)23-9-7-16-18(22-8-6-19(16)23)10-17-13(2)11-21-12-14(17)3/h6-9,11-12,15H,5,10H2,1-4H3. The fourth-order valence-corrected chi connectivity index (χ4v) is 3.18. The molecule has 0 amide bonds. The topological polar surface area (TPSA) is 57.0 Å². The Kier molecular flexibility index (Phi) is 4.83. The molecular weight excluding hydrogens is 314 g/mol. The van der Waals surface area contributed by atoms with Crippen molar-refractivity contribution in [3.8, 4) is 0 Å². The summed E-state index contributed by atoms with van der Waals surface area (Å²) in [6, 6.07) is 3.61. The fraction of sp³-hybridized carbons (Fsp3) is 0.350. The average Bonchev–Trinajstić information content (AvgIpc) is 3.02. The molecule has 0 fully saturated rings. The zero-order valence-electron chi connectivity index (χ0n) is 15.1. The number of carbonyl (C=O) groups excluding carboxylic acids is 1. The number of aromatic nitrogens is 3. The van der Waals surface area contributed by atoms with Crippen LogP contribution in [0.15, 0.2) is 36.9 Å². The zero-order chi connectivity index (χ0) is 18.0. The van der Waals surface area contributed by atoms with E-state index >= 15 is 0 Å². The summed E-state index contributed by atoms with van der Waals surface area (Å²) in [5, 5.41) is 1.06. The Balaban J connectivity index is 2.00. The van der Waals surface area contributed by atoms with E-state index in [0.717, 1.165) is 34.1 Å². The Morgan fingerprint density at radius 3 is 2.64 bits per heavy atom. The summed E-state index contributed by atoms with van der Waals surface area (Å²) >= 11 is 0. The number of ether oxygens (including phenoxy) is 1. The van der Waals surface area contributed by atoms with Crippen LogP contribution in [0.4, 0.5) is 0 Å². The Labute approximate surface area is 147 Å². The van der Waals surface area contributed by atoms with Crippen molar-refractivity contribution in [1.82, 2.24) is 14.5 Å². The number of aryl methyl sites for hydroxylation is 2. The van der Waals surface area contributed by atoms with Crippen molar-refractivity contribution in [3.63, 3.8) is 0 Å². The lowest BCUT2D eigenvalue weighted by Gasteiger charge is -2.14. The van der Waals surface area contributed by atoms with Crippen molar-refractivity contribution in [1.29, 1.82) is 0 Å². The SMILES string of the molecule is CCOC(=O)C(C)n1ccc2c(Cc3c(C)cncc3C)nccc21. The Morgan fingerprint density at radius 2 is 1.96 bits per heavy atom. The van der Waals surface area contributed by atoms with Crippen LogP contribution in [0.25, 0.3) is 10.9 Å². The first-order chi connectivity index (χ1) is 12.0. The van der Waals surface area contributed by atoms with Crippen LogP contribution in [-0.4, -0.2) is 27.1 Å². The number of nitrogens with zero attached hydrogens (tertiary/aromatic N) is 3. The monoisotopic (exact) mass is 337 g/mol. The summed E-state index contributed by atoms with van der Waals surface area (Å²) in [5.41, 5.74) is 5.58. The summed E-state index contributed by atoms with van der Waals surface area (Å²) in [6.07, 6.45) is 8.25. The quantitative estimate of drug-likeness (QED) is 0.665. The highest BCUT2D eigenvalue weighted by atomic mass is 16.5. The lowest BCUT2D eigenvalue weighted by atomic mass is 10.00. The Bertz CT molecular complexity index is 894. The van der Waals surface area contributed by atoms with Crippen LogP contribution in [0.1, 0.15) is 42.3 Å². The third-order valence-corrected chi connectivity index (χ3v) is 4.61. The van der Waals surface area contributed by atoms with Gasteiger partial charge in [-0.3, -0.25) is 9.97 Å². The number of fused-ring (bicyclic) bond motifs is 1. The van der Waals surface area contributed by atoms with Crippen LogP contribution in [0.5, 0.6) is 0 Å². The maximum Gasteiger partial charge on any atom is 0.328 e. The van der Waals surface area contributed by atoms with Crippen molar-refractivity contribution in [2.75, 3.05) is 6.61 Å². The van der Waals surface area contributed by atoms with Gasteiger partial charge in [0.25, 0.3) is 0 Å². The maximum atomic E-state index is 12.1. The minimum absolute atomic E-state index is 0.223. The van der Waals surface area contributed by atoms with Gasteiger partial charge in [0.15, 0.2) is 0 Å². The summed E-state index contributed by atoms with van der Waals surface area (Å²) in [6.45, 7) is 8.21. The second-order valence-electron chi connectivity index (χ2n) is 6.27. The summed E-state index contributed by atoms with van der Waals surface area (Å²) in [7, 11) is 0. The first-order valence-electron chi connectivity index (χ1n) is 8.54. The predicted octanol–water partition coefficient (Wildman–Crippen LogP) is 3.76. The van der Waals surface area contributed by atoms with E-state index in [1.54, 1.807) is 6.20 Å². The lowest BCUT2D eigenvalue weighted by Crippen LogP contribution is -2.18. The van der Waals surface area contributed by atoms with Crippen molar-refractivity contribution in [2.24, 2.45) is 0 Å². The summed E-state index contributed by atoms with van der Waals surface area (Å²) < 4.78 is 7.10. The molecule has 0 aliphatic rings. The van der Waals surface area contributed by atoms with E-state index in [2.05, 4.69) is 23.8 Å². The molecule has 5 heteroatoms. The number of esters is 1. The molecule has 0 spiro atoms. The smallest absolute Gasteiger partial charge is 0.328 e. The third-order valence-electron chi connectivity index (χ3n) is 4.61. The van der Waals surface area contributed by atoms with E-state index < -0.39 is 0 Å². The molecule has 1 unspecified atom stereocenters. The first kappa shape index (κ1) is 17.1. The molecule has 0 aromatic carbocycles. The molecule has 3 aromatic rings. The van der Waals surface area contributed by atoms with Gasteiger partial charge in [-0.2, -0.15) is 0 Å². The second-order valence-corrected chi connectivity index (χ2v) is 6.27. The van der Waals surface area contributed by atoms with Gasteiger partial charge >= 0.3 is 5.97 Å². The van der Waals surface area contributed by atoms with Crippen LogP contribution in [0, 0.1) is 13.8 Å². The highest BCUT2D eigenvalue weighted by molar-refractivity contribution is 5.85. The molecule has 0 aliphatic heterocycles. The van der Waals surface area contributed by atoms with Gasteiger partial charge in [0, 0.05) is 36.6 Å². The third kappa shape index (κ3) is 3.27. The largest absolute Gasteiger partial charge is 0.464 e. The van der Waals surface area contributed by atoms with E-state index in [1.165, 1.54) is 5.56 Å². The molecule has 25 heavy (non-hydrogen) atoms. The molecule has 3 heterocycles. The molecule has 0 radical (unpaired) electrons. The number of rotatable bonds is 5. The van der Waals surface area contributed by atoms with Crippen molar-refractivity contribution in [3.05, 3.63) is 59.3 Å². The molecule has 5 nitrogen and oxygen atoms in total. The van der Waals surface area contributed by atoms with Crippen LogP contribution in [0.3, 0.4) is 0 Å². The normalized spacial score (nSPS) is 12.3. The summed E-state index contributed by atoms with van der Waals surface area (Å²) in [5.74, 6) is -0.223. The summed E-state index contributed by atoms with van der Waals surface area (Å²) in [4.78, 5) is 20.9. The molecule has 0 saturated carbocycles. The van der Waals surface area contributed by atoms with Crippen molar-refractivity contribution in [2.45, 2.75) is 40.2 Å². The van der Waals surface area contributed by atoms with Gasteiger partial charge in [-0.05, 0) is 56.5 Å². The fourth-order valence-electron chi connectivity index (χ4n) is 3.18. The van der Waals surface area contributed by atoms with Gasteiger partial charge in [0.05, 0.1) is 17.8 Å². The van der Waals surface area contributed by atoms with Gasteiger partial charge in [-0.15, -0.1) is 0 Å². The number of pyridine rings is 2. The molecule has 0 N–H and O–H groups in total. The van der Waals surface area contributed by atoms with Crippen molar-refractivity contribution < 1.29 is 9.53 Å². The number of hydrogen-bond acceptors (Lipinski definition) is 4. The first-order valence-corrected chi connectivity index (χ1v) is 8.54. The number of hydrogen-bond donors (Lipinski definition) is 0. The molecule has 0 bridgehead atoms. The molecule has 3 aromatic heterocycles. The molecule has 3 rings (SSSR count). The number of carbonyl (C=O) groups is 1. The molecule has 0 aliphatic carbocycles. The zero-order valence-corrected chi connectivity index (χ0v) is 15.1. The highest BCUT2D eigenvalue weighted by Crippen LogP contribution is 2.25. The van der Waals surface area contributed by atoms with Gasteiger partial charge in [-0.1, -0.05) is 0 Å². The van der Waals surface area contributed by atoms with Crippen molar-refractivity contribution >= 4 is 16.9 Å². The Morgan fingerprint density at radius 1 is 1.24 bits per heavy atom. The van der Waals surface area contributed by atoms with E-state index in [4.69, 9.17) is 4.74 Å². The minimum atomic E-state index is -0.364. The van der Waals surface area contributed by atoms with Crippen LogP contribution >= 0.6 is 0 Å². The minimum Gasteiger partial charge on any atom is -0.464 e. The van der Waals surface area contributed by atoms with E-state index in [9.17, 15) is 4.79 Å². The van der Waals surface area contributed by atoms with Crippen LogP contribution in [-0.2, 0) is 16.0 Å². The second kappa shape index (κ2) is 7.05. The maximum absolute atomic E-state index is 12.1. The molecule has 0 saturated heterocycles. The van der Waals surface area contributed by atoms with Gasteiger partial charge in [0.2, 0.25) is 0 Å².